The van der Waals surface area contributed by atoms with Crippen molar-refractivity contribution in [2.24, 2.45) is 7.05 Å². The van der Waals surface area contributed by atoms with E-state index in [9.17, 15) is 31.1 Å². The average Bonchev–Trinajstić information content (AvgIpc) is 3.57. The van der Waals surface area contributed by atoms with Gasteiger partial charge in [0, 0.05) is 58.1 Å². The highest BCUT2D eigenvalue weighted by molar-refractivity contribution is 5.90. The van der Waals surface area contributed by atoms with Gasteiger partial charge in [0.2, 0.25) is 0 Å². The van der Waals surface area contributed by atoms with Crippen LogP contribution >= 0.6 is 0 Å². The zero-order chi connectivity index (χ0) is 29.4. The van der Waals surface area contributed by atoms with Crippen molar-refractivity contribution in [3.05, 3.63) is 35.9 Å². The predicted molar refractivity (Wildman–Crippen MR) is 118 cm³/mol. The molecule has 1 saturated heterocycles. The molecule has 2 aromatic rings. The first-order chi connectivity index (χ1) is 18.1. The molecule has 1 atom stereocenters. The summed E-state index contributed by atoms with van der Waals surface area (Å²) in [7, 11) is 1.81. The van der Waals surface area contributed by atoms with Crippen molar-refractivity contribution in [2.45, 2.75) is 44.3 Å². The van der Waals surface area contributed by atoms with E-state index in [-0.39, 0.29) is 5.91 Å². The Morgan fingerprint density at radius 3 is 2.15 bits per heavy atom. The fraction of sp³-hybridized carbons (Fsp3) is 0.571. The number of nitrogens with one attached hydrogen (secondary N) is 1. The van der Waals surface area contributed by atoms with Crippen molar-refractivity contribution >= 4 is 17.8 Å². The molecule has 2 aliphatic rings. The van der Waals surface area contributed by atoms with Crippen LogP contribution in [-0.4, -0.2) is 96.8 Å². The molecule has 0 bridgehead atoms. The number of carboxylic acid groups (broad SMARTS) is 2. The highest BCUT2D eigenvalue weighted by atomic mass is 19.4. The number of nitrogens with zero attached hydrogens (tertiary/aromatic N) is 5. The number of aromatic nitrogens is 4. The number of hydrogen-bond donors (Lipinski definition) is 3. The van der Waals surface area contributed by atoms with Crippen LogP contribution in [-0.2, 0) is 40.9 Å². The molecule has 0 aliphatic carbocycles. The maximum atomic E-state index is 12.2. The number of carbonyl (C=O) groups is 3. The zero-order valence-electron chi connectivity index (χ0n) is 20.5. The summed E-state index contributed by atoms with van der Waals surface area (Å²) in [6, 6.07) is 0.538. The van der Waals surface area contributed by atoms with Crippen LogP contribution in [0.5, 0.6) is 0 Å². The van der Waals surface area contributed by atoms with Crippen LogP contribution in [0.4, 0.5) is 26.3 Å². The van der Waals surface area contributed by atoms with Crippen LogP contribution in [0.15, 0.2) is 18.6 Å². The second kappa shape index (κ2) is 13.4. The Hall–Kier alpha value is -3.67. The van der Waals surface area contributed by atoms with E-state index in [4.69, 9.17) is 24.5 Å². The van der Waals surface area contributed by atoms with E-state index in [2.05, 4.69) is 24.8 Å². The molecule has 1 amide bonds. The maximum Gasteiger partial charge on any atom is 0.490 e. The molecule has 0 radical (unpaired) electrons. The van der Waals surface area contributed by atoms with E-state index in [0.717, 1.165) is 57.2 Å². The van der Waals surface area contributed by atoms with Crippen LogP contribution < -0.4 is 5.32 Å². The lowest BCUT2D eigenvalue weighted by atomic mass is 10.2. The molecule has 218 valence electrons. The van der Waals surface area contributed by atoms with E-state index in [1.807, 2.05) is 13.2 Å². The molecule has 0 saturated carbocycles. The van der Waals surface area contributed by atoms with Crippen molar-refractivity contribution in [2.75, 3.05) is 26.3 Å². The number of rotatable bonds is 4. The first-order valence-electron chi connectivity index (χ1n) is 11.3. The van der Waals surface area contributed by atoms with Gasteiger partial charge in [0.25, 0.3) is 5.91 Å². The monoisotopic (exact) mass is 572 g/mol. The van der Waals surface area contributed by atoms with Gasteiger partial charge in [0.15, 0.2) is 5.82 Å². The number of alkyl halides is 6. The lowest BCUT2D eigenvalue weighted by Gasteiger charge is -2.25. The minimum Gasteiger partial charge on any atom is -0.475 e. The lowest BCUT2D eigenvalue weighted by molar-refractivity contribution is -0.193. The van der Waals surface area contributed by atoms with Crippen molar-refractivity contribution in [3.63, 3.8) is 0 Å². The van der Waals surface area contributed by atoms with Crippen molar-refractivity contribution in [3.8, 4) is 0 Å². The van der Waals surface area contributed by atoms with Gasteiger partial charge in [-0.1, -0.05) is 0 Å². The Balaban J connectivity index is 0.000000317. The number of amides is 1. The topological polar surface area (TPSA) is 152 Å². The number of imidazole rings is 2. The van der Waals surface area contributed by atoms with Crippen LogP contribution in [0.3, 0.4) is 0 Å². The van der Waals surface area contributed by atoms with Gasteiger partial charge in [0.1, 0.15) is 5.82 Å². The molecule has 4 heterocycles. The molecule has 39 heavy (non-hydrogen) atoms. The summed E-state index contributed by atoms with van der Waals surface area (Å²) in [5, 5.41) is 17.2. The standard InChI is InChI=1S/C17H24N6O2.2C2HF3O2/c1-21-6-4-18-16(21)17(24)20-11-14-10-19-15-2-5-22(7-8-23(14)15)13-3-9-25-12-13;2*3-2(4,5)1(6)7/h4,6,10,13H,2-3,5,7-9,11-12H2,1H3,(H,20,24);2*(H,6,7). The SMILES string of the molecule is Cn1ccnc1C(=O)NCc1cnc2n1CCN(C1CCOC1)CC2.O=C(O)C(F)(F)F.O=C(O)C(F)(F)F. The van der Waals surface area contributed by atoms with E-state index < -0.39 is 24.3 Å². The van der Waals surface area contributed by atoms with Gasteiger partial charge in [-0.3, -0.25) is 9.69 Å². The Labute approximate surface area is 217 Å². The highest BCUT2D eigenvalue weighted by Crippen LogP contribution is 2.18. The third-order valence-corrected chi connectivity index (χ3v) is 5.62. The van der Waals surface area contributed by atoms with Gasteiger partial charge in [-0.15, -0.1) is 0 Å². The summed E-state index contributed by atoms with van der Waals surface area (Å²) in [6.07, 6.45) is -2.84. The minimum atomic E-state index is -5.08. The van der Waals surface area contributed by atoms with Gasteiger partial charge in [0.05, 0.1) is 25.0 Å². The molecule has 2 aromatic heterocycles. The Morgan fingerprint density at radius 2 is 1.67 bits per heavy atom. The lowest BCUT2D eigenvalue weighted by Crippen LogP contribution is -2.37. The quantitative estimate of drug-likeness (QED) is 0.463. The first kappa shape index (κ1) is 31.5. The Bertz CT molecular complexity index is 1100. The van der Waals surface area contributed by atoms with Gasteiger partial charge in [-0.25, -0.2) is 19.6 Å². The summed E-state index contributed by atoms with van der Waals surface area (Å²) < 4.78 is 73.0. The number of carboxylic acids is 2. The average molecular weight is 572 g/mol. The van der Waals surface area contributed by atoms with Crippen molar-refractivity contribution in [1.29, 1.82) is 0 Å². The third kappa shape index (κ3) is 9.54. The second-order valence-corrected chi connectivity index (χ2v) is 8.27. The van der Waals surface area contributed by atoms with Crippen LogP contribution in [0.2, 0.25) is 0 Å². The number of aliphatic carboxylic acids is 2. The molecule has 2 aliphatic heterocycles. The molecule has 1 unspecified atom stereocenters. The molecule has 0 spiro atoms. The normalized spacial score (nSPS) is 17.6. The van der Waals surface area contributed by atoms with E-state index in [1.165, 1.54) is 0 Å². The number of aryl methyl sites for hydroxylation is 1. The summed E-state index contributed by atoms with van der Waals surface area (Å²) in [5.41, 5.74) is 1.04. The molecule has 1 fully saturated rings. The number of fused-ring (bicyclic) bond motifs is 1. The summed E-state index contributed by atoms with van der Waals surface area (Å²) in [4.78, 5) is 41.2. The third-order valence-electron chi connectivity index (χ3n) is 5.62. The number of ether oxygens (including phenoxy) is 1. The summed E-state index contributed by atoms with van der Waals surface area (Å²) in [5.74, 6) is -4.16. The second-order valence-electron chi connectivity index (χ2n) is 8.27. The van der Waals surface area contributed by atoms with Gasteiger partial charge in [-0.2, -0.15) is 26.3 Å². The van der Waals surface area contributed by atoms with Crippen molar-refractivity contribution < 1.29 is 55.7 Å². The summed E-state index contributed by atoms with van der Waals surface area (Å²) in [6.45, 7) is 5.09. The molecule has 4 rings (SSSR count). The fourth-order valence-corrected chi connectivity index (χ4v) is 3.66. The molecule has 12 nitrogen and oxygen atoms in total. The number of hydrogen-bond acceptors (Lipinski definition) is 7. The minimum absolute atomic E-state index is 0.165. The Kier molecular flexibility index (Phi) is 10.8. The molecular weight excluding hydrogens is 546 g/mol. The van der Waals surface area contributed by atoms with Crippen LogP contribution in [0, 0.1) is 0 Å². The van der Waals surface area contributed by atoms with Gasteiger partial charge < -0.3 is 29.4 Å². The number of halogens is 6. The van der Waals surface area contributed by atoms with E-state index >= 15 is 0 Å². The first-order valence-corrected chi connectivity index (χ1v) is 11.3. The Morgan fingerprint density at radius 1 is 1.05 bits per heavy atom. The predicted octanol–water partition coefficient (Wildman–Crippen LogP) is 1.46. The zero-order valence-corrected chi connectivity index (χ0v) is 20.5. The smallest absolute Gasteiger partial charge is 0.475 e. The van der Waals surface area contributed by atoms with Crippen molar-refractivity contribution in [1.82, 2.24) is 29.3 Å². The van der Waals surface area contributed by atoms with E-state index in [0.29, 0.717) is 18.4 Å². The van der Waals surface area contributed by atoms with E-state index in [1.54, 1.807) is 17.0 Å². The largest absolute Gasteiger partial charge is 0.490 e. The highest BCUT2D eigenvalue weighted by Gasteiger charge is 2.38. The van der Waals surface area contributed by atoms with Gasteiger partial charge >= 0.3 is 24.3 Å². The molecule has 3 N–H and O–H groups in total. The van der Waals surface area contributed by atoms with Crippen LogP contribution in [0.1, 0.15) is 28.6 Å². The molecule has 18 heteroatoms. The van der Waals surface area contributed by atoms with Gasteiger partial charge in [-0.05, 0) is 6.42 Å². The number of carbonyl (C=O) groups excluding carboxylic acids is 1. The summed E-state index contributed by atoms with van der Waals surface area (Å²) >= 11 is 0. The fourth-order valence-electron chi connectivity index (χ4n) is 3.66. The maximum absolute atomic E-state index is 12.2. The van der Waals surface area contributed by atoms with Crippen LogP contribution in [0.25, 0.3) is 0 Å². The molecule has 0 aromatic carbocycles. The molecular formula is C21H26F6N6O6.